The lowest BCUT2D eigenvalue weighted by Crippen LogP contribution is -2.38. The summed E-state index contributed by atoms with van der Waals surface area (Å²) in [5.74, 6) is 0.558. The number of benzene rings is 1. The highest BCUT2D eigenvalue weighted by atomic mass is 16.6. The van der Waals surface area contributed by atoms with Crippen molar-refractivity contribution in [1.29, 1.82) is 0 Å². The number of anilines is 1. The van der Waals surface area contributed by atoms with Gasteiger partial charge < -0.3 is 10.6 Å². The molecular weight excluding hydrogens is 280 g/mol. The molecule has 3 rings (SSSR count). The van der Waals surface area contributed by atoms with Crippen LogP contribution in [-0.2, 0) is 0 Å². The zero-order valence-corrected chi connectivity index (χ0v) is 12.6. The summed E-state index contributed by atoms with van der Waals surface area (Å²) in [5.41, 5.74) is 1.62. The molecule has 0 bridgehead atoms. The van der Waals surface area contributed by atoms with E-state index in [2.05, 4.69) is 22.5 Å². The molecule has 2 heterocycles. The molecule has 22 heavy (non-hydrogen) atoms. The fourth-order valence-corrected chi connectivity index (χ4v) is 3.10. The van der Waals surface area contributed by atoms with Crippen molar-refractivity contribution in [3.05, 3.63) is 40.6 Å². The number of piperidine rings is 1. The molecule has 1 aromatic carbocycles. The summed E-state index contributed by atoms with van der Waals surface area (Å²) in [4.78, 5) is 15.1. The summed E-state index contributed by atoms with van der Waals surface area (Å²) in [6.07, 6.45) is 4.06. The fraction of sp³-hybridized carbons (Fsp3) is 0.438. The van der Waals surface area contributed by atoms with Crippen LogP contribution in [0.2, 0.25) is 0 Å². The Hall–Kier alpha value is -2.21. The first kappa shape index (κ1) is 14.7. The molecule has 0 spiro atoms. The number of aromatic nitrogens is 1. The monoisotopic (exact) mass is 300 g/mol. The van der Waals surface area contributed by atoms with Crippen LogP contribution in [0.15, 0.2) is 30.5 Å². The van der Waals surface area contributed by atoms with Crippen molar-refractivity contribution < 1.29 is 4.92 Å². The zero-order valence-electron chi connectivity index (χ0n) is 12.6. The summed E-state index contributed by atoms with van der Waals surface area (Å²) in [5, 5.41) is 18.6. The predicted molar refractivity (Wildman–Crippen MR) is 87.1 cm³/mol. The molecule has 1 saturated heterocycles. The van der Waals surface area contributed by atoms with E-state index in [1.54, 1.807) is 30.5 Å². The molecule has 0 aliphatic carbocycles. The highest BCUT2D eigenvalue weighted by molar-refractivity contribution is 5.96. The van der Waals surface area contributed by atoms with E-state index in [1.165, 1.54) is 12.8 Å². The van der Waals surface area contributed by atoms with Crippen molar-refractivity contribution in [2.24, 2.45) is 5.92 Å². The van der Waals surface area contributed by atoms with E-state index < -0.39 is 0 Å². The molecule has 2 atom stereocenters. The quantitative estimate of drug-likeness (QED) is 0.670. The second-order valence-electron chi connectivity index (χ2n) is 5.83. The smallest absolute Gasteiger partial charge is 0.278 e. The Morgan fingerprint density at radius 2 is 2.32 bits per heavy atom. The summed E-state index contributed by atoms with van der Waals surface area (Å²) in [7, 11) is 0. The molecule has 116 valence electrons. The van der Waals surface area contributed by atoms with E-state index in [0.29, 0.717) is 22.9 Å². The standard InChI is InChI=1S/C16H20N4O2/c1-11(12-4-2-8-17-10-12)19-14-6-7-15(20(21)22)13-5-3-9-18-16(13)14/h3,5-7,9,11-12,17,19H,2,4,8,10H2,1H3. The number of nitrogens with one attached hydrogen (secondary N) is 2. The number of nitro groups is 1. The van der Waals surface area contributed by atoms with Gasteiger partial charge in [0, 0.05) is 18.3 Å². The SMILES string of the molecule is CC(Nc1ccc([N+](=O)[O-])c2cccnc12)C1CCCNC1. The maximum absolute atomic E-state index is 11.1. The van der Waals surface area contributed by atoms with Crippen molar-refractivity contribution in [1.82, 2.24) is 10.3 Å². The molecule has 1 aromatic heterocycles. The molecule has 6 nitrogen and oxygen atoms in total. The minimum atomic E-state index is -0.359. The Labute approximate surface area is 129 Å². The van der Waals surface area contributed by atoms with Gasteiger partial charge in [0.1, 0.15) is 5.52 Å². The fourth-order valence-electron chi connectivity index (χ4n) is 3.10. The minimum Gasteiger partial charge on any atom is -0.380 e. The third kappa shape index (κ3) is 2.87. The van der Waals surface area contributed by atoms with Crippen molar-refractivity contribution in [3.63, 3.8) is 0 Å². The van der Waals surface area contributed by atoms with Gasteiger partial charge in [-0.15, -0.1) is 0 Å². The van der Waals surface area contributed by atoms with Gasteiger partial charge in [-0.1, -0.05) is 0 Å². The van der Waals surface area contributed by atoms with Crippen LogP contribution in [-0.4, -0.2) is 29.0 Å². The molecule has 2 unspecified atom stereocenters. The number of nitro benzene ring substituents is 1. The lowest BCUT2D eigenvalue weighted by atomic mass is 9.92. The molecule has 2 N–H and O–H groups in total. The van der Waals surface area contributed by atoms with Gasteiger partial charge in [-0.2, -0.15) is 0 Å². The third-order valence-corrected chi connectivity index (χ3v) is 4.37. The second-order valence-corrected chi connectivity index (χ2v) is 5.83. The summed E-state index contributed by atoms with van der Waals surface area (Å²) in [6, 6.07) is 7.09. The van der Waals surface area contributed by atoms with Gasteiger partial charge in [-0.3, -0.25) is 15.1 Å². The molecule has 1 aliphatic heterocycles. The van der Waals surface area contributed by atoms with E-state index in [4.69, 9.17) is 0 Å². The molecule has 0 amide bonds. The Morgan fingerprint density at radius 3 is 3.05 bits per heavy atom. The highest BCUT2D eigenvalue weighted by Gasteiger charge is 2.21. The Bertz CT molecular complexity index is 683. The zero-order chi connectivity index (χ0) is 15.5. The topological polar surface area (TPSA) is 80.1 Å². The Balaban J connectivity index is 1.91. The summed E-state index contributed by atoms with van der Waals surface area (Å²) >= 11 is 0. The van der Waals surface area contributed by atoms with Gasteiger partial charge in [-0.25, -0.2) is 0 Å². The Kier molecular flexibility index (Phi) is 4.20. The molecule has 6 heteroatoms. The number of hydrogen-bond acceptors (Lipinski definition) is 5. The van der Waals surface area contributed by atoms with Crippen molar-refractivity contribution in [2.45, 2.75) is 25.8 Å². The van der Waals surface area contributed by atoms with Crippen LogP contribution in [0, 0.1) is 16.0 Å². The van der Waals surface area contributed by atoms with Gasteiger partial charge >= 0.3 is 0 Å². The first-order chi connectivity index (χ1) is 10.7. The average Bonchev–Trinajstić information content (AvgIpc) is 2.55. The van der Waals surface area contributed by atoms with Crippen molar-refractivity contribution in [3.8, 4) is 0 Å². The molecule has 1 aliphatic rings. The van der Waals surface area contributed by atoms with Crippen LogP contribution in [0.25, 0.3) is 10.9 Å². The van der Waals surface area contributed by atoms with Crippen molar-refractivity contribution in [2.75, 3.05) is 18.4 Å². The summed E-state index contributed by atoms with van der Waals surface area (Å²) < 4.78 is 0. The lowest BCUT2D eigenvalue weighted by molar-refractivity contribution is -0.383. The number of nitrogens with zero attached hydrogens (tertiary/aromatic N) is 2. The van der Waals surface area contributed by atoms with E-state index in [1.807, 2.05) is 0 Å². The molecule has 1 fully saturated rings. The maximum atomic E-state index is 11.1. The number of non-ortho nitro benzene ring substituents is 1. The molecular formula is C16H20N4O2. The van der Waals surface area contributed by atoms with Crippen LogP contribution in [0.5, 0.6) is 0 Å². The first-order valence-corrected chi connectivity index (χ1v) is 7.66. The van der Waals surface area contributed by atoms with Gasteiger partial charge in [0.15, 0.2) is 0 Å². The molecule has 2 aromatic rings. The van der Waals surface area contributed by atoms with Crippen LogP contribution < -0.4 is 10.6 Å². The first-order valence-electron chi connectivity index (χ1n) is 7.66. The molecule has 0 saturated carbocycles. The van der Waals surface area contributed by atoms with Gasteiger partial charge in [0.2, 0.25) is 0 Å². The van der Waals surface area contributed by atoms with Crippen LogP contribution in [0.3, 0.4) is 0 Å². The van der Waals surface area contributed by atoms with Crippen LogP contribution in [0.4, 0.5) is 11.4 Å². The largest absolute Gasteiger partial charge is 0.380 e. The van der Waals surface area contributed by atoms with Crippen LogP contribution >= 0.6 is 0 Å². The third-order valence-electron chi connectivity index (χ3n) is 4.37. The van der Waals surface area contributed by atoms with Crippen molar-refractivity contribution >= 4 is 22.3 Å². The predicted octanol–water partition coefficient (Wildman–Crippen LogP) is 2.94. The van der Waals surface area contributed by atoms with E-state index in [-0.39, 0.29) is 10.6 Å². The van der Waals surface area contributed by atoms with Crippen LogP contribution in [0.1, 0.15) is 19.8 Å². The number of fused-ring (bicyclic) bond motifs is 1. The lowest BCUT2D eigenvalue weighted by Gasteiger charge is -2.29. The average molecular weight is 300 g/mol. The normalized spacial score (nSPS) is 19.8. The molecule has 0 radical (unpaired) electrons. The van der Waals surface area contributed by atoms with E-state index in [9.17, 15) is 10.1 Å². The van der Waals surface area contributed by atoms with Gasteiger partial charge in [0.25, 0.3) is 5.69 Å². The minimum absolute atomic E-state index is 0.0978. The number of hydrogen-bond donors (Lipinski definition) is 2. The highest BCUT2D eigenvalue weighted by Crippen LogP contribution is 2.31. The maximum Gasteiger partial charge on any atom is 0.278 e. The van der Waals surface area contributed by atoms with Gasteiger partial charge in [0.05, 0.1) is 16.0 Å². The number of pyridine rings is 1. The second kappa shape index (κ2) is 6.27. The van der Waals surface area contributed by atoms with E-state index in [0.717, 1.165) is 18.8 Å². The summed E-state index contributed by atoms with van der Waals surface area (Å²) in [6.45, 7) is 4.26. The van der Waals surface area contributed by atoms with E-state index >= 15 is 0 Å². The van der Waals surface area contributed by atoms with Gasteiger partial charge in [-0.05, 0) is 57.0 Å². The number of rotatable bonds is 4. The Morgan fingerprint density at radius 1 is 1.45 bits per heavy atom.